The molecule has 1 aliphatic rings. The summed E-state index contributed by atoms with van der Waals surface area (Å²) in [7, 11) is -3.90. The first-order valence-corrected chi connectivity index (χ1v) is 9.35. The molecular formula is C18H13F3N2O4S. The number of halogens is 3. The molecule has 0 spiro atoms. The van der Waals surface area contributed by atoms with Crippen LogP contribution in [-0.4, -0.2) is 24.5 Å². The summed E-state index contributed by atoms with van der Waals surface area (Å²) in [5, 5.41) is 14.4. The van der Waals surface area contributed by atoms with Crippen molar-refractivity contribution in [2.45, 2.75) is 11.1 Å². The van der Waals surface area contributed by atoms with Gasteiger partial charge in [0, 0.05) is 11.8 Å². The average molecular weight is 410 g/mol. The summed E-state index contributed by atoms with van der Waals surface area (Å²) in [6, 6.07) is 7.44. The summed E-state index contributed by atoms with van der Waals surface area (Å²) in [4.78, 5) is 14.7. The fourth-order valence-electron chi connectivity index (χ4n) is 2.78. The van der Waals surface area contributed by atoms with E-state index in [1.54, 1.807) is 0 Å². The van der Waals surface area contributed by atoms with Crippen LogP contribution in [0.2, 0.25) is 0 Å². The van der Waals surface area contributed by atoms with E-state index in [4.69, 9.17) is 5.14 Å². The van der Waals surface area contributed by atoms with E-state index in [1.807, 2.05) is 0 Å². The Kier molecular flexibility index (Phi) is 4.86. The molecule has 1 heterocycles. The summed E-state index contributed by atoms with van der Waals surface area (Å²) in [6.07, 6.45) is -0.739. The third-order valence-electron chi connectivity index (χ3n) is 4.13. The van der Waals surface area contributed by atoms with Gasteiger partial charge >= 0.3 is 12.1 Å². The number of allylic oxidation sites excluding steroid dienone is 2. The van der Waals surface area contributed by atoms with Gasteiger partial charge in [-0.25, -0.2) is 13.6 Å². The molecular weight excluding hydrogens is 397 g/mol. The fourth-order valence-corrected chi connectivity index (χ4v) is 3.29. The van der Waals surface area contributed by atoms with Crippen molar-refractivity contribution in [2.24, 2.45) is 11.1 Å². The summed E-state index contributed by atoms with van der Waals surface area (Å²) < 4.78 is 60.9. The van der Waals surface area contributed by atoms with Crippen molar-refractivity contribution in [2.75, 3.05) is 0 Å². The Labute approximate surface area is 157 Å². The van der Waals surface area contributed by atoms with Gasteiger partial charge in [-0.1, -0.05) is 30.4 Å². The smallest absolute Gasteiger partial charge is 0.433 e. The third-order valence-corrected chi connectivity index (χ3v) is 5.06. The molecule has 1 aromatic heterocycles. The molecule has 0 radical (unpaired) electrons. The minimum Gasteiger partial charge on any atom is -0.481 e. The van der Waals surface area contributed by atoms with Crippen LogP contribution in [0.3, 0.4) is 0 Å². The second kappa shape index (κ2) is 6.88. The van der Waals surface area contributed by atoms with Gasteiger partial charge in [0.05, 0.1) is 10.8 Å². The van der Waals surface area contributed by atoms with Gasteiger partial charge in [-0.3, -0.25) is 9.78 Å². The molecule has 6 nitrogen and oxygen atoms in total. The van der Waals surface area contributed by atoms with Crippen LogP contribution in [0.4, 0.5) is 13.2 Å². The number of benzene rings is 1. The number of carboxylic acid groups (broad SMARTS) is 1. The van der Waals surface area contributed by atoms with Crippen molar-refractivity contribution in [3.63, 3.8) is 0 Å². The lowest BCUT2D eigenvalue weighted by atomic mass is 9.96. The maximum atomic E-state index is 12.7. The van der Waals surface area contributed by atoms with Crippen LogP contribution >= 0.6 is 0 Å². The normalized spacial score (nSPS) is 17.2. The van der Waals surface area contributed by atoms with E-state index in [1.165, 1.54) is 42.5 Å². The van der Waals surface area contributed by atoms with Gasteiger partial charge in [0.1, 0.15) is 5.69 Å². The third kappa shape index (κ3) is 3.97. The van der Waals surface area contributed by atoms with Gasteiger partial charge in [-0.05, 0) is 34.9 Å². The molecule has 0 saturated heterocycles. The number of hydrogen-bond donors (Lipinski definition) is 2. The van der Waals surface area contributed by atoms with E-state index in [0.717, 1.165) is 12.3 Å². The highest BCUT2D eigenvalue weighted by Crippen LogP contribution is 2.39. The van der Waals surface area contributed by atoms with E-state index in [-0.39, 0.29) is 4.90 Å². The Bertz CT molecular complexity index is 1090. The first kappa shape index (κ1) is 19.8. The Morgan fingerprint density at radius 2 is 1.54 bits per heavy atom. The molecule has 3 N–H and O–H groups in total. The van der Waals surface area contributed by atoms with Gasteiger partial charge < -0.3 is 5.11 Å². The van der Waals surface area contributed by atoms with Crippen molar-refractivity contribution in [3.8, 4) is 0 Å². The van der Waals surface area contributed by atoms with Crippen LogP contribution < -0.4 is 5.14 Å². The minimum absolute atomic E-state index is 0.119. The highest BCUT2D eigenvalue weighted by Gasteiger charge is 2.32. The molecule has 0 aliphatic heterocycles. The first-order valence-electron chi connectivity index (χ1n) is 7.80. The number of alkyl halides is 3. The second-order valence-electron chi connectivity index (χ2n) is 6.02. The summed E-state index contributed by atoms with van der Waals surface area (Å²) in [5.74, 6) is -2.11. The quantitative estimate of drug-likeness (QED) is 0.805. The molecule has 3 rings (SSSR count). The number of aromatic nitrogens is 1. The zero-order valence-corrected chi connectivity index (χ0v) is 14.8. The number of rotatable bonds is 4. The number of aliphatic carboxylic acids is 1. The zero-order valence-electron chi connectivity index (χ0n) is 14.0. The number of carboxylic acids is 1. The Hall–Kier alpha value is -2.98. The molecule has 1 unspecified atom stereocenters. The molecule has 0 amide bonds. The Morgan fingerprint density at radius 1 is 1.00 bits per heavy atom. The van der Waals surface area contributed by atoms with E-state index >= 15 is 0 Å². The Balaban J connectivity index is 2.03. The zero-order chi connectivity index (χ0) is 20.7. The minimum atomic E-state index is -4.59. The van der Waals surface area contributed by atoms with Gasteiger partial charge in [0.2, 0.25) is 10.0 Å². The highest BCUT2D eigenvalue weighted by molar-refractivity contribution is 7.89. The van der Waals surface area contributed by atoms with Crippen LogP contribution in [0.15, 0.2) is 59.6 Å². The molecule has 146 valence electrons. The first-order chi connectivity index (χ1) is 13.0. The summed E-state index contributed by atoms with van der Waals surface area (Å²) in [6.45, 7) is 0. The monoisotopic (exact) mass is 410 g/mol. The van der Waals surface area contributed by atoms with E-state index in [9.17, 15) is 31.5 Å². The second-order valence-corrected chi connectivity index (χ2v) is 7.59. The van der Waals surface area contributed by atoms with Gasteiger partial charge in [0.15, 0.2) is 0 Å². The number of sulfonamides is 1. The van der Waals surface area contributed by atoms with Crippen LogP contribution in [0.25, 0.3) is 11.1 Å². The van der Waals surface area contributed by atoms with Crippen LogP contribution in [0.1, 0.15) is 16.8 Å². The van der Waals surface area contributed by atoms with Gasteiger partial charge in [-0.15, -0.1) is 0 Å². The highest BCUT2D eigenvalue weighted by atomic mass is 32.2. The maximum Gasteiger partial charge on any atom is 0.433 e. The number of hydrogen-bond acceptors (Lipinski definition) is 4. The summed E-state index contributed by atoms with van der Waals surface area (Å²) >= 11 is 0. The summed E-state index contributed by atoms with van der Waals surface area (Å²) in [5.41, 5.74) is 0.556. The molecule has 0 saturated carbocycles. The molecule has 2 aromatic rings. The number of primary sulfonamides is 1. The predicted molar refractivity (Wildman–Crippen MR) is 94.1 cm³/mol. The van der Waals surface area contributed by atoms with Crippen molar-refractivity contribution in [1.29, 1.82) is 0 Å². The molecule has 1 atom stereocenters. The van der Waals surface area contributed by atoms with Crippen LogP contribution in [-0.2, 0) is 21.0 Å². The SMILES string of the molecule is NS(=O)(=O)c1ccc(C2=CC(C(=O)O)C=C2c2ccc(C(F)(F)F)nc2)cc1. The largest absolute Gasteiger partial charge is 0.481 e. The molecule has 1 aliphatic carbocycles. The average Bonchev–Trinajstić information content (AvgIpc) is 3.06. The number of carbonyl (C=O) groups is 1. The Morgan fingerprint density at radius 3 is 1.96 bits per heavy atom. The molecule has 0 fully saturated rings. The van der Waals surface area contributed by atoms with E-state index in [0.29, 0.717) is 22.3 Å². The standard InChI is InChI=1S/C18H13F3N2O4S/c19-18(20,21)16-6-3-11(9-23-16)15-8-12(17(24)25)7-14(15)10-1-4-13(5-2-10)28(22,26)27/h1-9,12H,(H,24,25)(H2,22,26,27). The van der Waals surface area contributed by atoms with Gasteiger partial charge in [0.25, 0.3) is 0 Å². The van der Waals surface area contributed by atoms with Gasteiger partial charge in [-0.2, -0.15) is 13.2 Å². The van der Waals surface area contributed by atoms with Crippen LogP contribution in [0, 0.1) is 5.92 Å². The lowest BCUT2D eigenvalue weighted by Gasteiger charge is -2.11. The molecule has 10 heteroatoms. The van der Waals surface area contributed by atoms with Crippen molar-refractivity contribution >= 4 is 27.1 Å². The molecule has 1 aromatic carbocycles. The van der Waals surface area contributed by atoms with Crippen molar-refractivity contribution < 1.29 is 31.5 Å². The number of nitrogens with two attached hydrogens (primary N) is 1. The fraction of sp³-hybridized carbons (Fsp3) is 0.111. The maximum absolute atomic E-state index is 12.7. The van der Waals surface area contributed by atoms with Crippen LogP contribution in [0.5, 0.6) is 0 Å². The molecule has 0 bridgehead atoms. The molecule has 28 heavy (non-hydrogen) atoms. The lowest BCUT2D eigenvalue weighted by molar-refractivity contribution is -0.141. The number of pyridine rings is 1. The predicted octanol–water partition coefficient (Wildman–Crippen LogP) is 2.93. The van der Waals surface area contributed by atoms with E-state index < -0.39 is 33.8 Å². The number of nitrogens with zero attached hydrogens (tertiary/aromatic N) is 1. The topological polar surface area (TPSA) is 110 Å². The van der Waals surface area contributed by atoms with E-state index in [2.05, 4.69) is 4.98 Å². The lowest BCUT2D eigenvalue weighted by Crippen LogP contribution is -2.11. The van der Waals surface area contributed by atoms with Crippen molar-refractivity contribution in [3.05, 3.63) is 71.6 Å². The van der Waals surface area contributed by atoms with Crippen molar-refractivity contribution in [1.82, 2.24) is 4.98 Å².